The number of ether oxygens (including phenoxy) is 1. The molecule has 0 spiro atoms. The SMILES string of the molecule is CN=C(NCCCS(=O)(=O)Cc1ccccc1)NCCc1cc(C)ccc1OC. The van der Waals surface area contributed by atoms with E-state index >= 15 is 0 Å². The molecule has 0 aliphatic heterocycles. The van der Waals surface area contributed by atoms with Gasteiger partial charge in [-0.15, -0.1) is 0 Å². The van der Waals surface area contributed by atoms with Crippen molar-refractivity contribution < 1.29 is 13.2 Å². The average Bonchev–Trinajstić information content (AvgIpc) is 2.70. The Morgan fingerprint density at radius 3 is 2.48 bits per heavy atom. The number of hydrogen-bond donors (Lipinski definition) is 2. The summed E-state index contributed by atoms with van der Waals surface area (Å²) >= 11 is 0. The summed E-state index contributed by atoms with van der Waals surface area (Å²) in [5.41, 5.74) is 3.16. The molecule has 29 heavy (non-hydrogen) atoms. The van der Waals surface area contributed by atoms with Gasteiger partial charge in [-0.3, -0.25) is 4.99 Å². The lowest BCUT2D eigenvalue weighted by molar-refractivity contribution is 0.409. The maximum Gasteiger partial charge on any atom is 0.190 e. The van der Waals surface area contributed by atoms with Gasteiger partial charge in [0.25, 0.3) is 0 Å². The van der Waals surface area contributed by atoms with Crippen LogP contribution in [0.25, 0.3) is 0 Å². The first kappa shape index (κ1) is 22.7. The van der Waals surface area contributed by atoms with E-state index in [1.54, 1.807) is 14.2 Å². The molecule has 0 heterocycles. The first-order valence-corrected chi connectivity index (χ1v) is 11.6. The normalized spacial score (nSPS) is 11.9. The lowest BCUT2D eigenvalue weighted by atomic mass is 10.1. The third kappa shape index (κ3) is 8.15. The maximum absolute atomic E-state index is 12.2. The number of nitrogens with one attached hydrogen (secondary N) is 2. The topological polar surface area (TPSA) is 79.8 Å². The van der Waals surface area contributed by atoms with Gasteiger partial charge in [-0.2, -0.15) is 0 Å². The minimum atomic E-state index is -3.12. The van der Waals surface area contributed by atoms with Crippen molar-refractivity contribution in [2.24, 2.45) is 4.99 Å². The summed E-state index contributed by atoms with van der Waals surface area (Å²) in [5.74, 6) is 1.77. The molecule has 0 saturated carbocycles. The number of methoxy groups -OCH3 is 1. The first-order valence-electron chi connectivity index (χ1n) is 9.76. The van der Waals surface area contributed by atoms with Crippen molar-refractivity contribution in [3.05, 3.63) is 65.2 Å². The fraction of sp³-hybridized carbons (Fsp3) is 0.409. The van der Waals surface area contributed by atoms with Gasteiger partial charge in [0, 0.05) is 20.1 Å². The Kier molecular flexibility index (Phi) is 8.99. The first-order chi connectivity index (χ1) is 13.9. The second-order valence-electron chi connectivity index (χ2n) is 6.92. The van der Waals surface area contributed by atoms with Gasteiger partial charge in [0.15, 0.2) is 15.8 Å². The smallest absolute Gasteiger partial charge is 0.190 e. The molecule has 7 heteroatoms. The number of benzene rings is 2. The van der Waals surface area contributed by atoms with Gasteiger partial charge in [-0.25, -0.2) is 8.42 Å². The molecular weight excluding hydrogens is 386 g/mol. The van der Waals surface area contributed by atoms with Gasteiger partial charge in [0.1, 0.15) is 5.75 Å². The molecule has 2 N–H and O–H groups in total. The van der Waals surface area contributed by atoms with Crippen LogP contribution in [0, 0.1) is 6.92 Å². The molecule has 2 aromatic carbocycles. The Morgan fingerprint density at radius 2 is 1.79 bits per heavy atom. The number of guanidine groups is 1. The third-order valence-electron chi connectivity index (χ3n) is 4.50. The van der Waals surface area contributed by atoms with Crippen molar-refractivity contribution in [1.82, 2.24) is 10.6 Å². The molecule has 0 fully saturated rings. The number of aryl methyl sites for hydroxylation is 1. The summed E-state index contributed by atoms with van der Waals surface area (Å²) in [7, 11) is 0.259. The molecule has 0 radical (unpaired) electrons. The number of sulfone groups is 1. The molecule has 0 aromatic heterocycles. The van der Waals surface area contributed by atoms with E-state index in [0.29, 0.717) is 25.5 Å². The molecule has 6 nitrogen and oxygen atoms in total. The zero-order valence-electron chi connectivity index (χ0n) is 17.4. The molecule has 0 amide bonds. The third-order valence-corrected chi connectivity index (χ3v) is 6.18. The fourth-order valence-electron chi connectivity index (χ4n) is 3.04. The van der Waals surface area contributed by atoms with Gasteiger partial charge in [-0.1, -0.05) is 48.0 Å². The second kappa shape index (κ2) is 11.5. The van der Waals surface area contributed by atoms with Crippen LogP contribution in [0.1, 0.15) is 23.1 Å². The molecule has 158 valence electrons. The zero-order chi connectivity index (χ0) is 21.1. The number of aliphatic imine (C=N–C) groups is 1. The summed E-state index contributed by atoms with van der Waals surface area (Å²) in [6.07, 6.45) is 1.33. The highest BCUT2D eigenvalue weighted by atomic mass is 32.2. The van der Waals surface area contributed by atoms with Crippen molar-refractivity contribution >= 4 is 15.8 Å². The van der Waals surface area contributed by atoms with E-state index in [1.807, 2.05) is 42.5 Å². The summed E-state index contributed by atoms with van der Waals surface area (Å²) < 4.78 is 29.9. The van der Waals surface area contributed by atoms with Gasteiger partial charge >= 0.3 is 0 Å². The quantitative estimate of drug-likeness (QED) is 0.353. The van der Waals surface area contributed by atoms with Crippen molar-refractivity contribution in [1.29, 1.82) is 0 Å². The van der Waals surface area contributed by atoms with Gasteiger partial charge in [-0.05, 0) is 37.0 Å². The van der Waals surface area contributed by atoms with E-state index < -0.39 is 9.84 Å². The van der Waals surface area contributed by atoms with Gasteiger partial charge in [0.2, 0.25) is 0 Å². The highest BCUT2D eigenvalue weighted by Crippen LogP contribution is 2.19. The van der Waals surface area contributed by atoms with Gasteiger partial charge < -0.3 is 15.4 Å². The summed E-state index contributed by atoms with van der Waals surface area (Å²) in [4.78, 5) is 4.19. The molecule has 2 rings (SSSR count). The molecule has 0 aliphatic carbocycles. The van der Waals surface area contributed by atoms with Gasteiger partial charge in [0.05, 0.1) is 18.6 Å². The Bertz CT molecular complexity index is 897. The largest absolute Gasteiger partial charge is 0.496 e. The number of hydrogen-bond acceptors (Lipinski definition) is 4. The van der Waals surface area contributed by atoms with E-state index in [1.165, 1.54) is 5.56 Å². The number of nitrogens with zero attached hydrogens (tertiary/aromatic N) is 1. The van der Waals surface area contributed by atoms with Crippen LogP contribution in [0.3, 0.4) is 0 Å². The molecule has 0 unspecified atom stereocenters. The van der Waals surface area contributed by atoms with Crippen LogP contribution in [-0.4, -0.2) is 47.4 Å². The summed E-state index contributed by atoms with van der Waals surface area (Å²) in [6.45, 7) is 3.30. The van der Waals surface area contributed by atoms with E-state index in [2.05, 4.69) is 28.6 Å². The Morgan fingerprint density at radius 1 is 1.07 bits per heavy atom. The lowest BCUT2D eigenvalue weighted by Gasteiger charge is -2.13. The minimum Gasteiger partial charge on any atom is -0.496 e. The molecule has 0 bridgehead atoms. The molecular formula is C22H31N3O3S. The van der Waals surface area contributed by atoms with Crippen molar-refractivity contribution in [2.45, 2.75) is 25.5 Å². The van der Waals surface area contributed by atoms with Crippen molar-refractivity contribution in [3.8, 4) is 5.75 Å². The highest BCUT2D eigenvalue weighted by Gasteiger charge is 2.11. The Labute approximate surface area is 174 Å². The Hall–Kier alpha value is -2.54. The highest BCUT2D eigenvalue weighted by molar-refractivity contribution is 7.90. The minimum absolute atomic E-state index is 0.0825. The van der Waals surface area contributed by atoms with Crippen LogP contribution in [0.2, 0.25) is 0 Å². The van der Waals surface area contributed by atoms with Crippen LogP contribution >= 0.6 is 0 Å². The number of rotatable bonds is 10. The van der Waals surface area contributed by atoms with Crippen LogP contribution in [0.4, 0.5) is 0 Å². The van der Waals surface area contributed by atoms with Crippen LogP contribution in [0.15, 0.2) is 53.5 Å². The summed E-state index contributed by atoms with van der Waals surface area (Å²) in [6, 6.07) is 15.4. The van der Waals surface area contributed by atoms with Crippen LogP contribution in [0.5, 0.6) is 5.75 Å². The molecule has 0 aliphatic rings. The Balaban J connectivity index is 1.72. The molecule has 2 aromatic rings. The van der Waals surface area contributed by atoms with Crippen molar-refractivity contribution in [3.63, 3.8) is 0 Å². The molecule has 0 atom stereocenters. The summed E-state index contributed by atoms with van der Waals surface area (Å²) in [5, 5.41) is 6.44. The standard InChI is InChI=1S/C22H31N3O3S/c1-18-10-11-21(28-3)20(16-18)12-14-25-22(23-2)24-13-7-15-29(26,27)17-19-8-5-4-6-9-19/h4-6,8-11,16H,7,12-15,17H2,1-3H3,(H2,23,24,25). The maximum atomic E-state index is 12.2. The van der Waals surface area contributed by atoms with Crippen LogP contribution < -0.4 is 15.4 Å². The van der Waals surface area contributed by atoms with E-state index in [4.69, 9.17) is 4.74 Å². The molecule has 0 saturated heterocycles. The van der Waals surface area contributed by atoms with Crippen molar-refractivity contribution in [2.75, 3.05) is 33.0 Å². The van der Waals surface area contributed by atoms with E-state index in [0.717, 1.165) is 23.3 Å². The predicted octanol–water partition coefficient (Wildman–Crippen LogP) is 2.72. The van der Waals surface area contributed by atoms with Crippen LogP contribution in [-0.2, 0) is 22.0 Å². The fourth-order valence-corrected chi connectivity index (χ4v) is 4.47. The second-order valence-corrected chi connectivity index (χ2v) is 9.11. The van der Waals surface area contributed by atoms with E-state index in [9.17, 15) is 8.42 Å². The zero-order valence-corrected chi connectivity index (χ0v) is 18.3. The monoisotopic (exact) mass is 417 g/mol. The van der Waals surface area contributed by atoms with E-state index in [-0.39, 0.29) is 11.5 Å². The lowest BCUT2D eigenvalue weighted by Crippen LogP contribution is -2.39. The average molecular weight is 418 g/mol. The predicted molar refractivity (Wildman–Crippen MR) is 119 cm³/mol.